The Kier molecular flexibility index (Phi) is 5.42. The lowest BCUT2D eigenvalue weighted by molar-refractivity contribution is 0.239. The van der Waals surface area contributed by atoms with E-state index in [2.05, 4.69) is 15.6 Å². The maximum atomic E-state index is 13.3. The van der Waals surface area contributed by atoms with Crippen molar-refractivity contribution in [3.63, 3.8) is 0 Å². The van der Waals surface area contributed by atoms with Crippen LogP contribution in [-0.4, -0.2) is 30.6 Å². The van der Waals surface area contributed by atoms with Crippen LogP contribution in [0.3, 0.4) is 0 Å². The number of pyridine rings is 1. The molecule has 1 aliphatic rings. The molecule has 1 fully saturated rings. The zero-order valence-corrected chi connectivity index (χ0v) is 13.7. The number of anilines is 1. The average molecular weight is 346 g/mol. The molecule has 7 heteroatoms. The van der Waals surface area contributed by atoms with Gasteiger partial charge in [0.15, 0.2) is 11.6 Å². The molecule has 0 bridgehead atoms. The Hall–Kier alpha value is -2.70. The van der Waals surface area contributed by atoms with Crippen LogP contribution in [0.15, 0.2) is 42.6 Å². The second kappa shape index (κ2) is 7.92. The summed E-state index contributed by atoms with van der Waals surface area (Å²) >= 11 is 0. The summed E-state index contributed by atoms with van der Waals surface area (Å²) < 4.78 is 26.4. The van der Waals surface area contributed by atoms with E-state index in [1.54, 1.807) is 12.3 Å². The Labute approximate surface area is 145 Å². The number of nitrogens with zero attached hydrogens (tertiary/aromatic N) is 2. The van der Waals surface area contributed by atoms with Crippen LogP contribution in [-0.2, 0) is 6.54 Å². The molecule has 0 aliphatic carbocycles. The van der Waals surface area contributed by atoms with Crippen LogP contribution in [0.1, 0.15) is 12.1 Å². The van der Waals surface area contributed by atoms with E-state index in [0.717, 1.165) is 24.7 Å². The predicted octanol–water partition coefficient (Wildman–Crippen LogP) is 2.69. The van der Waals surface area contributed by atoms with Gasteiger partial charge in [0.2, 0.25) is 0 Å². The summed E-state index contributed by atoms with van der Waals surface area (Å²) in [6.07, 6.45) is 2.57. The number of carbonyl (C=O) groups excluding carboxylic acids is 1. The molecule has 1 atom stereocenters. The summed E-state index contributed by atoms with van der Waals surface area (Å²) in [4.78, 5) is 18.0. The van der Waals surface area contributed by atoms with Crippen molar-refractivity contribution in [2.75, 3.05) is 24.5 Å². The lowest BCUT2D eigenvalue weighted by atomic mass is 10.1. The highest BCUT2D eigenvalue weighted by Gasteiger charge is 2.23. The second-order valence-corrected chi connectivity index (χ2v) is 6.08. The molecule has 1 saturated heterocycles. The number of aromatic nitrogens is 1. The van der Waals surface area contributed by atoms with E-state index in [1.165, 1.54) is 6.07 Å². The first-order valence-electron chi connectivity index (χ1n) is 8.23. The Bertz CT molecular complexity index is 726. The van der Waals surface area contributed by atoms with Crippen LogP contribution in [0.2, 0.25) is 0 Å². The lowest BCUT2D eigenvalue weighted by Gasteiger charge is -2.19. The number of carbonyl (C=O) groups is 1. The third-order valence-corrected chi connectivity index (χ3v) is 4.26. The largest absolute Gasteiger partial charge is 0.371 e. The Morgan fingerprint density at radius 3 is 2.84 bits per heavy atom. The number of benzene rings is 1. The van der Waals surface area contributed by atoms with Crippen LogP contribution in [0.4, 0.5) is 19.3 Å². The van der Waals surface area contributed by atoms with Crippen molar-refractivity contribution in [1.82, 2.24) is 15.6 Å². The van der Waals surface area contributed by atoms with Crippen LogP contribution in [0.25, 0.3) is 0 Å². The molecule has 3 rings (SSSR count). The first-order valence-corrected chi connectivity index (χ1v) is 8.23. The highest BCUT2D eigenvalue weighted by Crippen LogP contribution is 2.24. The normalized spacial score (nSPS) is 16.7. The zero-order valence-electron chi connectivity index (χ0n) is 13.7. The molecule has 132 valence electrons. The molecule has 2 heterocycles. The number of halogens is 2. The molecule has 25 heavy (non-hydrogen) atoms. The van der Waals surface area contributed by atoms with Crippen molar-refractivity contribution in [2.45, 2.75) is 13.0 Å². The number of rotatable bonds is 5. The van der Waals surface area contributed by atoms with E-state index >= 15 is 0 Å². The standard InChI is InChI=1S/C18H20F2N4O/c19-16-5-4-15(9-17(16)20)24-8-6-13(12-24)10-22-18(25)23-11-14-3-1-2-7-21-14/h1-5,7,9,13H,6,8,10-12H2,(H2,22,23,25)/t13-/m1/s1. The van der Waals surface area contributed by atoms with Gasteiger partial charge >= 0.3 is 6.03 Å². The van der Waals surface area contributed by atoms with Gasteiger partial charge in [-0.1, -0.05) is 6.07 Å². The summed E-state index contributed by atoms with van der Waals surface area (Å²) in [6, 6.07) is 9.23. The highest BCUT2D eigenvalue weighted by atomic mass is 19.2. The third kappa shape index (κ3) is 4.65. The summed E-state index contributed by atoms with van der Waals surface area (Å²) in [6.45, 7) is 2.37. The lowest BCUT2D eigenvalue weighted by Crippen LogP contribution is -2.38. The van der Waals surface area contributed by atoms with Crippen molar-refractivity contribution >= 4 is 11.7 Å². The number of amides is 2. The fraction of sp³-hybridized carbons (Fsp3) is 0.333. The van der Waals surface area contributed by atoms with Gasteiger partial charge in [-0.25, -0.2) is 13.6 Å². The van der Waals surface area contributed by atoms with Crippen molar-refractivity contribution in [3.05, 3.63) is 59.9 Å². The zero-order chi connectivity index (χ0) is 17.6. The summed E-state index contributed by atoms with van der Waals surface area (Å²) in [5.74, 6) is -1.41. The second-order valence-electron chi connectivity index (χ2n) is 6.08. The fourth-order valence-corrected chi connectivity index (χ4v) is 2.89. The summed E-state index contributed by atoms with van der Waals surface area (Å²) in [7, 11) is 0. The van der Waals surface area contributed by atoms with Gasteiger partial charge in [-0.2, -0.15) is 0 Å². The van der Waals surface area contributed by atoms with Crippen LogP contribution in [0, 0.1) is 17.6 Å². The van der Waals surface area contributed by atoms with E-state index in [0.29, 0.717) is 25.3 Å². The van der Waals surface area contributed by atoms with E-state index in [9.17, 15) is 13.6 Å². The maximum absolute atomic E-state index is 13.3. The first-order chi connectivity index (χ1) is 12.1. The first kappa shape index (κ1) is 17.1. The third-order valence-electron chi connectivity index (χ3n) is 4.26. The Balaban J connectivity index is 1.42. The molecule has 1 aromatic carbocycles. The Morgan fingerprint density at radius 2 is 2.08 bits per heavy atom. The van der Waals surface area contributed by atoms with Crippen molar-refractivity contribution in [3.8, 4) is 0 Å². The van der Waals surface area contributed by atoms with E-state index < -0.39 is 11.6 Å². The van der Waals surface area contributed by atoms with Gasteiger partial charge in [0, 0.05) is 37.6 Å². The molecule has 0 saturated carbocycles. The predicted molar refractivity (Wildman–Crippen MR) is 91.2 cm³/mol. The minimum Gasteiger partial charge on any atom is -0.371 e. The molecule has 1 aliphatic heterocycles. The van der Waals surface area contributed by atoms with E-state index in [1.807, 2.05) is 23.1 Å². The fourth-order valence-electron chi connectivity index (χ4n) is 2.89. The number of hydrogen-bond donors (Lipinski definition) is 2. The van der Waals surface area contributed by atoms with Gasteiger partial charge in [-0.15, -0.1) is 0 Å². The minimum atomic E-state index is -0.842. The monoisotopic (exact) mass is 346 g/mol. The van der Waals surface area contributed by atoms with Gasteiger partial charge < -0.3 is 15.5 Å². The van der Waals surface area contributed by atoms with E-state index in [4.69, 9.17) is 0 Å². The SMILES string of the molecule is O=C(NCc1ccccn1)NC[C@H]1CCN(c2ccc(F)c(F)c2)C1. The molecule has 2 aromatic rings. The van der Waals surface area contributed by atoms with E-state index in [-0.39, 0.29) is 11.9 Å². The molecule has 0 unspecified atom stereocenters. The summed E-state index contributed by atoms with van der Waals surface area (Å²) in [5, 5.41) is 5.61. The van der Waals surface area contributed by atoms with Gasteiger partial charge in [0.25, 0.3) is 0 Å². The highest BCUT2D eigenvalue weighted by molar-refractivity contribution is 5.73. The van der Waals surface area contributed by atoms with Gasteiger partial charge in [0.1, 0.15) is 0 Å². The number of nitrogens with one attached hydrogen (secondary N) is 2. The quantitative estimate of drug-likeness (QED) is 0.875. The average Bonchev–Trinajstić information content (AvgIpc) is 3.10. The van der Waals surface area contributed by atoms with Crippen molar-refractivity contribution in [1.29, 1.82) is 0 Å². The van der Waals surface area contributed by atoms with Crippen molar-refractivity contribution in [2.24, 2.45) is 5.92 Å². The minimum absolute atomic E-state index is 0.239. The Morgan fingerprint density at radius 1 is 1.20 bits per heavy atom. The molecule has 5 nitrogen and oxygen atoms in total. The van der Waals surface area contributed by atoms with Crippen molar-refractivity contribution < 1.29 is 13.6 Å². The van der Waals surface area contributed by atoms with Crippen LogP contribution >= 0.6 is 0 Å². The molecule has 0 spiro atoms. The maximum Gasteiger partial charge on any atom is 0.315 e. The molecular weight excluding hydrogens is 326 g/mol. The summed E-state index contributed by atoms with van der Waals surface area (Å²) in [5.41, 5.74) is 1.46. The van der Waals surface area contributed by atoms with Gasteiger partial charge in [0.05, 0.1) is 12.2 Å². The topological polar surface area (TPSA) is 57.3 Å². The molecule has 1 aromatic heterocycles. The molecule has 2 N–H and O–H groups in total. The molecular formula is C18H20F2N4O. The van der Waals surface area contributed by atoms with Gasteiger partial charge in [-0.05, 0) is 36.6 Å². The number of urea groups is 1. The van der Waals surface area contributed by atoms with Gasteiger partial charge in [-0.3, -0.25) is 4.98 Å². The smallest absolute Gasteiger partial charge is 0.315 e. The van der Waals surface area contributed by atoms with Crippen LogP contribution < -0.4 is 15.5 Å². The molecule has 2 amide bonds. The van der Waals surface area contributed by atoms with Crippen LogP contribution in [0.5, 0.6) is 0 Å². The number of hydrogen-bond acceptors (Lipinski definition) is 3. The molecule has 0 radical (unpaired) electrons.